The molecular formula is C10H13N3S. The Bertz CT molecular complexity index is 360. The minimum absolute atomic E-state index is 0.0225. The molecule has 0 saturated heterocycles. The molecular weight excluding hydrogens is 194 g/mol. The average Bonchev–Trinajstić information content (AvgIpc) is 2.51. The maximum absolute atomic E-state index is 8.57. The van der Waals surface area contributed by atoms with Gasteiger partial charge in [0.15, 0.2) is 0 Å². The van der Waals surface area contributed by atoms with Crippen molar-refractivity contribution in [2.45, 2.75) is 31.7 Å². The predicted molar refractivity (Wildman–Crippen MR) is 56.0 cm³/mol. The van der Waals surface area contributed by atoms with Gasteiger partial charge in [0.2, 0.25) is 0 Å². The molecule has 1 fully saturated rings. The molecule has 0 aromatic carbocycles. The molecule has 1 aromatic rings. The van der Waals surface area contributed by atoms with E-state index < -0.39 is 0 Å². The number of aromatic nitrogens is 1. The van der Waals surface area contributed by atoms with Crippen LogP contribution in [0.2, 0.25) is 0 Å². The molecule has 14 heavy (non-hydrogen) atoms. The zero-order valence-corrected chi connectivity index (χ0v) is 9.02. The van der Waals surface area contributed by atoms with Crippen LogP contribution in [0.4, 0.5) is 0 Å². The van der Waals surface area contributed by atoms with Gasteiger partial charge < -0.3 is 0 Å². The summed E-state index contributed by atoms with van der Waals surface area (Å²) >= 11 is 1.70. The lowest BCUT2D eigenvalue weighted by Gasteiger charge is -2.40. The first-order chi connectivity index (χ1) is 6.77. The van der Waals surface area contributed by atoms with E-state index in [9.17, 15) is 0 Å². The predicted octanol–water partition coefficient (Wildman–Crippen LogP) is 1.94. The van der Waals surface area contributed by atoms with E-state index in [1.165, 1.54) is 6.42 Å². The second-order valence-corrected chi connectivity index (χ2v) is 4.60. The molecule has 2 rings (SSSR count). The lowest BCUT2D eigenvalue weighted by molar-refractivity contribution is 0.193. The number of thiazole rings is 1. The van der Waals surface area contributed by atoms with Gasteiger partial charge in [-0.2, -0.15) is 5.26 Å². The van der Waals surface area contributed by atoms with E-state index in [0.717, 1.165) is 23.5 Å². The maximum Gasteiger partial charge on any atom is 0.113 e. The summed E-state index contributed by atoms with van der Waals surface area (Å²) in [5.41, 5.74) is 1.10. The largest absolute Gasteiger partial charge is 0.293 e. The lowest BCUT2D eigenvalue weighted by atomic mass is 9.77. The van der Waals surface area contributed by atoms with Crippen LogP contribution in [-0.2, 0) is 5.54 Å². The zero-order valence-electron chi connectivity index (χ0n) is 8.21. The minimum atomic E-state index is 0.0225. The molecule has 1 aliphatic carbocycles. The number of hydrogen-bond acceptors (Lipinski definition) is 4. The van der Waals surface area contributed by atoms with E-state index in [2.05, 4.69) is 21.8 Å². The Hall–Kier alpha value is -0.920. The molecule has 1 N–H and O–H groups in total. The third-order valence-corrected chi connectivity index (χ3v) is 3.91. The van der Waals surface area contributed by atoms with Gasteiger partial charge in [-0.15, -0.1) is 11.3 Å². The van der Waals surface area contributed by atoms with Crippen LogP contribution in [0.1, 0.15) is 30.0 Å². The summed E-state index contributed by atoms with van der Waals surface area (Å²) in [7, 11) is 0. The summed E-state index contributed by atoms with van der Waals surface area (Å²) in [5.74, 6) is 0. The van der Waals surface area contributed by atoms with Crippen LogP contribution in [0.5, 0.6) is 0 Å². The molecule has 1 aliphatic rings. The topological polar surface area (TPSA) is 48.7 Å². The molecule has 0 unspecified atom stereocenters. The van der Waals surface area contributed by atoms with Crippen LogP contribution >= 0.6 is 11.3 Å². The smallest absolute Gasteiger partial charge is 0.113 e. The Morgan fingerprint density at radius 2 is 2.50 bits per heavy atom. The lowest BCUT2D eigenvalue weighted by Crippen LogP contribution is -2.48. The van der Waals surface area contributed by atoms with Crippen molar-refractivity contribution in [3.05, 3.63) is 16.1 Å². The van der Waals surface area contributed by atoms with E-state index in [1.54, 1.807) is 11.3 Å². The number of nitrogens with one attached hydrogen (secondary N) is 1. The Labute approximate surface area is 87.8 Å². The van der Waals surface area contributed by atoms with Crippen molar-refractivity contribution >= 4 is 11.3 Å². The Morgan fingerprint density at radius 1 is 1.71 bits per heavy atom. The molecule has 3 nitrogen and oxygen atoms in total. The van der Waals surface area contributed by atoms with Crippen molar-refractivity contribution in [1.29, 1.82) is 5.26 Å². The fourth-order valence-electron chi connectivity index (χ4n) is 1.78. The first-order valence-corrected chi connectivity index (χ1v) is 5.69. The first-order valence-electron chi connectivity index (χ1n) is 4.81. The van der Waals surface area contributed by atoms with Crippen molar-refractivity contribution < 1.29 is 0 Å². The van der Waals surface area contributed by atoms with Crippen molar-refractivity contribution in [2.24, 2.45) is 0 Å². The first kappa shape index (κ1) is 9.63. The maximum atomic E-state index is 8.57. The molecule has 0 radical (unpaired) electrons. The highest BCUT2D eigenvalue weighted by Gasteiger charge is 2.40. The number of aryl methyl sites for hydroxylation is 1. The van der Waals surface area contributed by atoms with Gasteiger partial charge in [-0.25, -0.2) is 4.98 Å². The molecule has 0 bridgehead atoms. The highest BCUT2D eigenvalue weighted by atomic mass is 32.1. The summed E-state index contributed by atoms with van der Waals surface area (Å²) in [6.07, 6.45) is 3.46. The van der Waals surface area contributed by atoms with E-state index >= 15 is 0 Å². The Morgan fingerprint density at radius 3 is 2.93 bits per heavy atom. The van der Waals surface area contributed by atoms with Gasteiger partial charge in [-0.05, 0) is 26.2 Å². The average molecular weight is 207 g/mol. The quantitative estimate of drug-likeness (QED) is 0.771. The number of hydrogen-bond donors (Lipinski definition) is 1. The van der Waals surface area contributed by atoms with Crippen LogP contribution in [0.15, 0.2) is 5.38 Å². The van der Waals surface area contributed by atoms with Gasteiger partial charge >= 0.3 is 0 Å². The summed E-state index contributed by atoms with van der Waals surface area (Å²) in [6, 6.07) is 2.13. The summed E-state index contributed by atoms with van der Waals surface area (Å²) < 4.78 is 0. The fraction of sp³-hybridized carbons (Fsp3) is 0.600. The Kier molecular flexibility index (Phi) is 2.53. The van der Waals surface area contributed by atoms with Gasteiger partial charge in [0.05, 0.1) is 18.2 Å². The molecule has 74 valence electrons. The van der Waals surface area contributed by atoms with Gasteiger partial charge in [0.25, 0.3) is 0 Å². The molecule has 4 heteroatoms. The Balaban J connectivity index is 2.16. The van der Waals surface area contributed by atoms with Crippen molar-refractivity contribution in [1.82, 2.24) is 10.3 Å². The van der Waals surface area contributed by atoms with Crippen LogP contribution in [0, 0.1) is 18.3 Å². The molecule has 1 heterocycles. The minimum Gasteiger partial charge on any atom is -0.293 e. The molecule has 0 amide bonds. The third kappa shape index (κ3) is 1.54. The summed E-state index contributed by atoms with van der Waals surface area (Å²) in [4.78, 5) is 4.50. The van der Waals surface area contributed by atoms with Gasteiger partial charge in [-0.1, -0.05) is 0 Å². The van der Waals surface area contributed by atoms with Crippen LogP contribution < -0.4 is 5.32 Å². The van der Waals surface area contributed by atoms with Crippen molar-refractivity contribution in [3.63, 3.8) is 0 Å². The molecule has 0 spiro atoms. The second kappa shape index (κ2) is 3.68. The zero-order chi connectivity index (χ0) is 10.0. The highest BCUT2D eigenvalue weighted by molar-refractivity contribution is 7.09. The summed E-state index contributed by atoms with van der Waals surface area (Å²) in [6.45, 7) is 2.43. The second-order valence-electron chi connectivity index (χ2n) is 3.74. The molecule has 0 aliphatic heterocycles. The van der Waals surface area contributed by atoms with Crippen LogP contribution in [0.25, 0.3) is 0 Å². The molecule has 1 saturated carbocycles. The van der Waals surface area contributed by atoms with Gasteiger partial charge in [-0.3, -0.25) is 5.32 Å². The third-order valence-electron chi connectivity index (χ3n) is 2.74. The van der Waals surface area contributed by atoms with Gasteiger partial charge in [0.1, 0.15) is 5.01 Å². The van der Waals surface area contributed by atoms with E-state index in [4.69, 9.17) is 5.26 Å². The monoisotopic (exact) mass is 207 g/mol. The normalized spacial score (nSPS) is 18.6. The van der Waals surface area contributed by atoms with Crippen molar-refractivity contribution in [2.75, 3.05) is 6.54 Å². The van der Waals surface area contributed by atoms with Crippen LogP contribution in [0.3, 0.4) is 0 Å². The molecule has 1 aromatic heterocycles. The standard InChI is InChI=1S/C10H13N3S/c1-8-7-14-9(13-8)10(3-2-4-10)12-6-5-11/h7,12H,2-4,6H2,1H3. The highest BCUT2D eigenvalue weighted by Crippen LogP contribution is 2.42. The molecule has 0 atom stereocenters. The number of rotatable bonds is 3. The number of nitriles is 1. The van der Waals surface area contributed by atoms with E-state index in [1.807, 2.05) is 6.92 Å². The van der Waals surface area contributed by atoms with Gasteiger partial charge in [0, 0.05) is 11.1 Å². The van der Waals surface area contributed by atoms with E-state index in [0.29, 0.717) is 6.54 Å². The van der Waals surface area contributed by atoms with E-state index in [-0.39, 0.29) is 5.54 Å². The summed E-state index contributed by atoms with van der Waals surface area (Å²) in [5, 5.41) is 15.1. The van der Waals surface area contributed by atoms with Crippen molar-refractivity contribution in [3.8, 4) is 6.07 Å². The fourth-order valence-corrected chi connectivity index (χ4v) is 2.81. The van der Waals surface area contributed by atoms with Crippen LogP contribution in [-0.4, -0.2) is 11.5 Å². The SMILES string of the molecule is Cc1csc(C2(NCC#N)CCC2)n1. The number of nitrogens with zero attached hydrogens (tertiary/aromatic N) is 2.